The van der Waals surface area contributed by atoms with Crippen LogP contribution in [0.5, 0.6) is 0 Å². The summed E-state index contributed by atoms with van der Waals surface area (Å²) in [5.74, 6) is -0.223. The Morgan fingerprint density at radius 2 is 0.836 bits per heavy atom. The van der Waals surface area contributed by atoms with E-state index >= 15 is 0 Å². The second-order valence-electron chi connectivity index (χ2n) is 20.7. The van der Waals surface area contributed by atoms with Crippen LogP contribution in [0.3, 0.4) is 0 Å². The van der Waals surface area contributed by atoms with E-state index in [0.29, 0.717) is 0 Å². The van der Waals surface area contributed by atoms with E-state index in [1.54, 1.807) is 0 Å². The maximum atomic E-state index is 13.9. The Hall–Kier alpha value is -5.93. The summed E-state index contributed by atoms with van der Waals surface area (Å²) in [6, 6.07) is 39.1. The van der Waals surface area contributed by atoms with Crippen LogP contribution in [0, 0.1) is 5.82 Å². The molecule has 10 rings (SSSR count). The Kier molecular flexibility index (Phi) is 10.8. The lowest BCUT2D eigenvalue weighted by atomic mass is 9.61. The van der Waals surface area contributed by atoms with Gasteiger partial charge in [0, 0.05) is 38.6 Å². The Bertz CT molecular complexity index is 3710. The molecule has 0 bridgehead atoms. The molecule has 0 aliphatic carbocycles. The molecule has 15 heteroatoms. The van der Waals surface area contributed by atoms with Crippen LogP contribution >= 0.6 is 0 Å². The third-order valence-electron chi connectivity index (χ3n) is 16.3. The van der Waals surface area contributed by atoms with E-state index in [1.807, 2.05) is 12.1 Å². The summed E-state index contributed by atoms with van der Waals surface area (Å²) in [7, 11) is 27.6. The fraction of sp³-hybridized carbons (Fsp3) is 0.0769. The third-order valence-corrected chi connectivity index (χ3v) is 16.3. The predicted molar refractivity (Wildman–Crippen MR) is 328 cm³/mol. The van der Waals surface area contributed by atoms with Crippen molar-refractivity contribution in [1.82, 2.24) is 9.13 Å². The molecule has 2 heterocycles. The Balaban J connectivity index is 1.24. The SMILES string of the molecule is Bc1c(B)c(B)c(-n2c3ccc(-c4c(B)c(B)c5c(c4B)c4c(B)c(B)c(B)c(B)c4n5-c4ccc(-c5ccc(F)cc5)cc4)cc3c3ccc(-c4ccc(C(C)(C)C)cc4)cc32)c(B)c1B. The molecule has 0 unspecified atom stereocenters. The highest BCUT2D eigenvalue weighted by Gasteiger charge is 2.26. The van der Waals surface area contributed by atoms with Gasteiger partial charge in [-0.05, 0) is 92.2 Å². The van der Waals surface area contributed by atoms with Gasteiger partial charge in [0.1, 0.15) is 100.0 Å². The van der Waals surface area contributed by atoms with Crippen LogP contribution < -0.4 is 65.6 Å². The maximum absolute atomic E-state index is 13.9. The lowest BCUT2D eigenvalue weighted by Gasteiger charge is -2.23. The summed E-state index contributed by atoms with van der Waals surface area (Å²) in [6.07, 6.45) is 0. The highest BCUT2D eigenvalue weighted by atomic mass is 19.1. The molecular weight excluding hydrogens is 801 g/mol. The minimum Gasteiger partial charge on any atom is -0.310 e. The fourth-order valence-electron chi connectivity index (χ4n) is 11.4. The van der Waals surface area contributed by atoms with Gasteiger partial charge in [-0.3, -0.25) is 0 Å². The van der Waals surface area contributed by atoms with Crippen LogP contribution in [0.25, 0.3) is 88.4 Å². The summed E-state index contributed by atoms with van der Waals surface area (Å²) < 4.78 is 19.0. The van der Waals surface area contributed by atoms with E-state index in [4.69, 9.17) is 0 Å². The van der Waals surface area contributed by atoms with Gasteiger partial charge >= 0.3 is 0 Å². The van der Waals surface area contributed by atoms with Gasteiger partial charge < -0.3 is 9.13 Å². The van der Waals surface area contributed by atoms with Crippen LogP contribution in [0.2, 0.25) is 0 Å². The first-order chi connectivity index (χ1) is 31.8. The normalized spacial score (nSPS) is 12.0. The molecular formula is C52H51B12FN2. The average molecular weight is 853 g/mol. The molecule has 67 heavy (non-hydrogen) atoms. The topological polar surface area (TPSA) is 9.86 Å². The Labute approximate surface area is 406 Å². The van der Waals surface area contributed by atoms with E-state index in [0.717, 1.165) is 16.8 Å². The molecule has 2 aromatic heterocycles. The van der Waals surface area contributed by atoms with Crippen molar-refractivity contribution >= 4 is 203 Å². The van der Waals surface area contributed by atoms with Crippen molar-refractivity contribution in [3.8, 4) is 44.8 Å². The van der Waals surface area contributed by atoms with Gasteiger partial charge in [0.25, 0.3) is 0 Å². The number of hydrogen-bond donors (Lipinski definition) is 0. The summed E-state index contributed by atoms with van der Waals surface area (Å²) in [5, 5.41) is 5.17. The molecule has 0 saturated heterocycles. The van der Waals surface area contributed by atoms with Crippen LogP contribution in [0.4, 0.5) is 4.39 Å². The van der Waals surface area contributed by atoms with E-state index in [-0.39, 0.29) is 11.2 Å². The molecule has 0 N–H and O–H groups in total. The van der Waals surface area contributed by atoms with Crippen LogP contribution in [0.1, 0.15) is 26.3 Å². The van der Waals surface area contributed by atoms with E-state index in [1.165, 1.54) is 155 Å². The summed E-state index contributed by atoms with van der Waals surface area (Å²) in [5.41, 5.74) is 31.8. The van der Waals surface area contributed by atoms with E-state index in [9.17, 15) is 4.39 Å². The molecule has 0 aliphatic heterocycles. The predicted octanol–water partition coefficient (Wildman–Crippen LogP) is -6.58. The van der Waals surface area contributed by atoms with Gasteiger partial charge in [-0.2, -0.15) is 0 Å². The second kappa shape index (κ2) is 16.1. The lowest BCUT2D eigenvalue weighted by molar-refractivity contribution is 0.590. The molecule has 10 aromatic rings. The molecule has 0 radical (unpaired) electrons. The summed E-state index contributed by atoms with van der Waals surface area (Å²) in [4.78, 5) is 0. The van der Waals surface area contributed by atoms with Crippen molar-refractivity contribution in [2.45, 2.75) is 26.2 Å². The van der Waals surface area contributed by atoms with Gasteiger partial charge in [-0.15, -0.1) is 10.9 Å². The highest BCUT2D eigenvalue weighted by Crippen LogP contribution is 2.38. The monoisotopic (exact) mass is 855 g/mol. The zero-order valence-corrected chi connectivity index (χ0v) is 42.2. The van der Waals surface area contributed by atoms with Crippen molar-refractivity contribution in [3.05, 3.63) is 121 Å². The first kappa shape index (κ1) is 44.9. The fourth-order valence-corrected chi connectivity index (χ4v) is 11.4. The molecule has 0 saturated carbocycles. The van der Waals surface area contributed by atoms with Crippen LogP contribution in [0.15, 0.2) is 109 Å². The van der Waals surface area contributed by atoms with Crippen molar-refractivity contribution in [3.63, 3.8) is 0 Å². The number of rotatable bonds is 5. The van der Waals surface area contributed by atoms with E-state index < -0.39 is 0 Å². The number of nitrogens with zero attached hydrogens (tertiary/aromatic N) is 2. The van der Waals surface area contributed by atoms with Crippen LogP contribution in [-0.4, -0.2) is 103 Å². The van der Waals surface area contributed by atoms with Gasteiger partial charge in [0.15, 0.2) is 0 Å². The number of benzene rings is 8. The molecule has 0 amide bonds. The minimum absolute atomic E-state index is 0.0923. The quantitative estimate of drug-likeness (QED) is 0.153. The standard InChI is InChI=1S/C52H51B12FN2/c1-52(2,3)27-12-4-24(5-13-27)25-10-18-30-31-20-26(11-19-32(31)67(33(30)21-25)51-47(63)43(59)41(57)44(60)48(51)64)34-37(53)35-36-39(55)40(56)42(58)46(62)50(36)66(49(35)45(61)38(34)54)29-16-8-23(9-17-29)22-6-14-28(65)15-7-22/h4-21H,53-64H2,1-3H3. The molecule has 0 spiro atoms. The molecule has 2 nitrogen and oxygen atoms in total. The van der Waals surface area contributed by atoms with Gasteiger partial charge in [-0.25, -0.2) is 4.39 Å². The number of halogens is 1. The molecule has 0 aliphatic rings. The molecule has 312 valence electrons. The van der Waals surface area contributed by atoms with Crippen molar-refractivity contribution in [2.24, 2.45) is 0 Å². The zero-order valence-electron chi connectivity index (χ0n) is 42.2. The minimum atomic E-state index is -0.223. The number of aromatic nitrogens is 2. The number of hydrogen-bond acceptors (Lipinski definition) is 0. The molecule has 0 fully saturated rings. The summed E-state index contributed by atoms with van der Waals surface area (Å²) >= 11 is 0. The first-order valence-electron chi connectivity index (χ1n) is 24.0. The largest absolute Gasteiger partial charge is 0.310 e. The number of fused-ring (bicyclic) bond motifs is 6. The highest BCUT2D eigenvalue weighted by molar-refractivity contribution is 6.70. The third kappa shape index (κ3) is 6.84. The van der Waals surface area contributed by atoms with Gasteiger partial charge in [0.2, 0.25) is 0 Å². The average Bonchev–Trinajstić information content (AvgIpc) is 3.84. The summed E-state index contributed by atoms with van der Waals surface area (Å²) in [6.45, 7) is 6.83. The van der Waals surface area contributed by atoms with E-state index in [2.05, 4.69) is 209 Å². The van der Waals surface area contributed by atoms with Crippen molar-refractivity contribution in [1.29, 1.82) is 0 Å². The Morgan fingerprint density at radius 3 is 1.43 bits per heavy atom. The van der Waals surface area contributed by atoms with Crippen LogP contribution in [-0.2, 0) is 5.41 Å². The smallest absolute Gasteiger partial charge is 0.141 e. The van der Waals surface area contributed by atoms with Crippen molar-refractivity contribution in [2.75, 3.05) is 0 Å². The first-order valence-corrected chi connectivity index (χ1v) is 24.0. The molecule has 0 atom stereocenters. The Morgan fingerprint density at radius 1 is 0.373 bits per heavy atom. The second-order valence-corrected chi connectivity index (χ2v) is 20.7. The zero-order chi connectivity index (χ0) is 47.7. The van der Waals surface area contributed by atoms with Gasteiger partial charge in [0.05, 0.1) is 11.0 Å². The lowest BCUT2D eigenvalue weighted by Crippen LogP contribution is -2.56. The van der Waals surface area contributed by atoms with Gasteiger partial charge in [-0.1, -0.05) is 142 Å². The maximum Gasteiger partial charge on any atom is 0.141 e. The van der Waals surface area contributed by atoms with Crippen molar-refractivity contribution < 1.29 is 4.39 Å². The molecule has 8 aromatic carbocycles.